The third-order valence-electron chi connectivity index (χ3n) is 2.53. The number of rotatable bonds is 4. The van der Waals surface area contributed by atoms with Gasteiger partial charge in [-0.15, -0.1) is 0 Å². The molecule has 1 aromatic rings. The summed E-state index contributed by atoms with van der Waals surface area (Å²) in [5, 5.41) is 2.08. The molecule has 10 heteroatoms. The number of nitrogens with one attached hydrogen (secondary N) is 1. The maximum atomic E-state index is 12.0. The maximum absolute atomic E-state index is 12.0. The van der Waals surface area contributed by atoms with Crippen molar-refractivity contribution in [3.8, 4) is 0 Å². The molecule has 4 nitrogen and oxygen atoms in total. The lowest BCUT2D eigenvalue weighted by Gasteiger charge is -2.12. The van der Waals surface area contributed by atoms with Gasteiger partial charge in [-0.3, -0.25) is 4.79 Å². The molecular weight excluding hydrogens is 399 g/mol. The highest BCUT2D eigenvalue weighted by atomic mass is 79.9. The quantitative estimate of drug-likeness (QED) is 0.777. The Morgan fingerprint density at radius 3 is 2.43 bits per heavy atom. The van der Waals surface area contributed by atoms with Crippen LogP contribution in [0.4, 0.5) is 13.2 Å². The van der Waals surface area contributed by atoms with E-state index in [2.05, 4.69) is 21.2 Å². The fourth-order valence-electron chi connectivity index (χ4n) is 1.56. The lowest BCUT2D eigenvalue weighted by Crippen LogP contribution is -2.28. The minimum absolute atomic E-state index is 0.0641. The summed E-state index contributed by atoms with van der Waals surface area (Å²) < 4.78 is 59.1. The summed E-state index contributed by atoms with van der Waals surface area (Å²) in [6, 6.07) is 2.52. The molecule has 0 saturated heterocycles. The van der Waals surface area contributed by atoms with Crippen LogP contribution in [0.15, 0.2) is 21.5 Å². The average Bonchev–Trinajstić information content (AvgIpc) is 2.28. The second kappa shape index (κ2) is 6.53. The van der Waals surface area contributed by atoms with Crippen molar-refractivity contribution in [1.29, 1.82) is 0 Å². The van der Waals surface area contributed by atoms with E-state index in [9.17, 15) is 26.4 Å². The van der Waals surface area contributed by atoms with Crippen LogP contribution in [0.1, 0.15) is 22.3 Å². The van der Waals surface area contributed by atoms with Crippen LogP contribution in [-0.2, 0) is 9.05 Å². The molecule has 0 unspecified atom stereocenters. The first-order valence-electron chi connectivity index (χ1n) is 5.51. The lowest BCUT2D eigenvalue weighted by molar-refractivity contribution is -0.132. The normalized spacial score (nSPS) is 12.3. The van der Waals surface area contributed by atoms with Gasteiger partial charge in [-0.05, 0) is 24.6 Å². The highest BCUT2D eigenvalue weighted by Gasteiger charge is 2.27. The summed E-state index contributed by atoms with van der Waals surface area (Å²) in [7, 11) is 1.17. The number of alkyl halides is 3. The molecule has 0 saturated carbocycles. The largest absolute Gasteiger partial charge is 0.390 e. The van der Waals surface area contributed by atoms with Gasteiger partial charge in [0.05, 0.1) is 11.3 Å². The van der Waals surface area contributed by atoms with Gasteiger partial charge >= 0.3 is 6.18 Å². The van der Waals surface area contributed by atoms with Crippen molar-refractivity contribution in [1.82, 2.24) is 5.32 Å². The van der Waals surface area contributed by atoms with Gasteiger partial charge in [0.15, 0.2) is 0 Å². The van der Waals surface area contributed by atoms with Gasteiger partial charge in [0, 0.05) is 27.3 Å². The number of hydrogen-bond donors (Lipinski definition) is 1. The van der Waals surface area contributed by atoms with Crippen LogP contribution in [-0.4, -0.2) is 27.0 Å². The van der Waals surface area contributed by atoms with Gasteiger partial charge in [-0.2, -0.15) is 13.2 Å². The van der Waals surface area contributed by atoms with Crippen LogP contribution in [0.5, 0.6) is 0 Å². The predicted molar refractivity (Wildman–Crippen MR) is 74.9 cm³/mol. The topological polar surface area (TPSA) is 63.2 Å². The molecule has 0 spiro atoms. The Morgan fingerprint density at radius 2 is 1.95 bits per heavy atom. The molecule has 0 bridgehead atoms. The van der Waals surface area contributed by atoms with Gasteiger partial charge in [0.2, 0.25) is 0 Å². The Labute approximate surface area is 132 Å². The Morgan fingerprint density at radius 1 is 1.38 bits per heavy atom. The number of halogens is 5. The zero-order valence-electron chi connectivity index (χ0n) is 10.6. The van der Waals surface area contributed by atoms with Crippen molar-refractivity contribution < 1.29 is 26.4 Å². The molecule has 1 aromatic carbocycles. The number of carbonyl (C=O) groups is 1. The average molecular weight is 409 g/mol. The third kappa shape index (κ3) is 5.48. The summed E-state index contributed by atoms with van der Waals surface area (Å²) in [5.41, 5.74) is 0.00323. The second-order valence-corrected chi connectivity index (χ2v) is 7.59. The molecule has 1 rings (SSSR count). The van der Waals surface area contributed by atoms with Gasteiger partial charge in [-0.1, -0.05) is 15.9 Å². The van der Waals surface area contributed by atoms with E-state index >= 15 is 0 Å². The molecular formula is C11H10BrClF3NO3S. The van der Waals surface area contributed by atoms with Crippen molar-refractivity contribution in [2.24, 2.45) is 0 Å². The molecule has 21 heavy (non-hydrogen) atoms. The summed E-state index contributed by atoms with van der Waals surface area (Å²) in [6.07, 6.45) is -5.56. The van der Waals surface area contributed by atoms with Gasteiger partial charge in [0.1, 0.15) is 0 Å². The Hall–Kier alpha value is -0.800. The van der Waals surface area contributed by atoms with Crippen LogP contribution >= 0.6 is 26.6 Å². The summed E-state index contributed by atoms with van der Waals surface area (Å²) in [5.74, 6) is -0.806. The lowest BCUT2D eigenvalue weighted by atomic mass is 10.1. The third-order valence-corrected chi connectivity index (χ3v) is 4.43. The first-order valence-corrected chi connectivity index (χ1v) is 8.62. The van der Waals surface area contributed by atoms with Crippen molar-refractivity contribution in [2.45, 2.75) is 24.4 Å². The Balaban J connectivity index is 3.03. The van der Waals surface area contributed by atoms with Crippen molar-refractivity contribution in [3.05, 3.63) is 27.7 Å². The molecule has 1 N–H and O–H groups in total. The smallest absolute Gasteiger partial charge is 0.352 e. The van der Waals surface area contributed by atoms with E-state index in [0.29, 0.717) is 0 Å². The van der Waals surface area contributed by atoms with E-state index in [-0.39, 0.29) is 20.5 Å². The second-order valence-electron chi connectivity index (χ2n) is 4.14. The molecule has 0 radical (unpaired) electrons. The standard InChI is InChI=1S/C11H10BrClF3NO3S/c1-6-8(10(18)17-3-2-11(14,15)16)4-7(12)5-9(6)21(13,19)20/h4-5H,2-3H2,1H3,(H,17,18). The first-order chi connectivity index (χ1) is 9.42. The number of benzene rings is 1. The van der Waals surface area contributed by atoms with Crippen molar-refractivity contribution in [2.75, 3.05) is 6.54 Å². The number of amides is 1. The van der Waals surface area contributed by atoms with Crippen LogP contribution in [0.25, 0.3) is 0 Å². The maximum Gasteiger partial charge on any atom is 0.390 e. The first kappa shape index (κ1) is 18.2. The van der Waals surface area contributed by atoms with Crippen LogP contribution in [0, 0.1) is 6.92 Å². The van der Waals surface area contributed by atoms with Crippen LogP contribution < -0.4 is 5.32 Å². The van der Waals surface area contributed by atoms with E-state index < -0.39 is 34.1 Å². The molecule has 0 aliphatic rings. The molecule has 0 atom stereocenters. The molecule has 0 heterocycles. The van der Waals surface area contributed by atoms with E-state index in [1.807, 2.05) is 0 Å². The highest BCUT2D eigenvalue weighted by molar-refractivity contribution is 9.10. The molecule has 118 valence electrons. The molecule has 0 aliphatic carbocycles. The molecule has 0 fully saturated rings. The van der Waals surface area contributed by atoms with Crippen molar-refractivity contribution in [3.63, 3.8) is 0 Å². The molecule has 1 amide bonds. The highest BCUT2D eigenvalue weighted by Crippen LogP contribution is 2.27. The zero-order chi connectivity index (χ0) is 16.4. The van der Waals surface area contributed by atoms with Crippen LogP contribution in [0.2, 0.25) is 0 Å². The zero-order valence-corrected chi connectivity index (χ0v) is 13.8. The van der Waals surface area contributed by atoms with Crippen molar-refractivity contribution >= 4 is 41.6 Å². The molecule has 0 aliphatic heterocycles. The SMILES string of the molecule is Cc1c(C(=O)NCCC(F)(F)F)cc(Br)cc1S(=O)(=O)Cl. The minimum atomic E-state index is -4.38. The van der Waals surface area contributed by atoms with E-state index in [1.54, 1.807) is 0 Å². The predicted octanol–water partition coefficient (Wildman–Crippen LogP) is 3.37. The van der Waals surface area contributed by atoms with Gasteiger partial charge < -0.3 is 5.32 Å². The van der Waals surface area contributed by atoms with Gasteiger partial charge in [0.25, 0.3) is 15.0 Å². The summed E-state index contributed by atoms with van der Waals surface area (Å²) >= 11 is 3.02. The Bertz CT molecular complexity index is 661. The number of carbonyl (C=O) groups excluding carboxylic acids is 1. The van der Waals surface area contributed by atoms with E-state index in [0.717, 1.165) is 0 Å². The fourth-order valence-corrected chi connectivity index (χ4v) is 3.39. The van der Waals surface area contributed by atoms with Crippen LogP contribution in [0.3, 0.4) is 0 Å². The van der Waals surface area contributed by atoms with Gasteiger partial charge in [-0.25, -0.2) is 8.42 Å². The summed E-state index contributed by atoms with van der Waals surface area (Å²) in [4.78, 5) is 11.6. The summed E-state index contributed by atoms with van der Waals surface area (Å²) in [6.45, 7) is 0.748. The molecule has 0 aromatic heterocycles. The fraction of sp³-hybridized carbons (Fsp3) is 0.364. The monoisotopic (exact) mass is 407 g/mol. The Kier molecular flexibility index (Phi) is 5.68. The van der Waals surface area contributed by atoms with E-state index in [1.165, 1.54) is 19.1 Å². The minimum Gasteiger partial charge on any atom is -0.352 e. The van der Waals surface area contributed by atoms with E-state index in [4.69, 9.17) is 10.7 Å². The number of hydrogen-bond acceptors (Lipinski definition) is 3.